The van der Waals surface area contributed by atoms with Gasteiger partial charge in [0.1, 0.15) is 5.70 Å². The number of rotatable bonds is 7. The standard InChI is InChI=1S/C27H31F3N6/c1-2-8-24-25(27(28,29)30)36(21-9-4-3-5-10-21)18-35(24)17-19-13-15-20(16-14-19)22-11-6-7-12-23(22)26-31-33-34-32-26/h6-7,11-16,21H,2-5,8-10,17-18H2,1H3,(H,31,32,33,34). The minimum atomic E-state index is -4.35. The normalized spacial score (nSPS) is 17.3. The van der Waals surface area contributed by atoms with Crippen LogP contribution >= 0.6 is 0 Å². The van der Waals surface area contributed by atoms with E-state index in [0.29, 0.717) is 37.6 Å². The van der Waals surface area contributed by atoms with Gasteiger partial charge < -0.3 is 9.80 Å². The molecule has 0 bridgehead atoms. The topological polar surface area (TPSA) is 60.9 Å². The van der Waals surface area contributed by atoms with E-state index in [0.717, 1.165) is 54.4 Å². The molecule has 0 unspecified atom stereocenters. The van der Waals surface area contributed by atoms with Gasteiger partial charge in [0.2, 0.25) is 0 Å². The Morgan fingerprint density at radius 3 is 2.33 bits per heavy atom. The lowest BCUT2D eigenvalue weighted by molar-refractivity contribution is -0.114. The fourth-order valence-electron chi connectivity index (χ4n) is 5.56. The molecule has 9 heteroatoms. The number of aromatic amines is 1. The molecular weight excluding hydrogens is 465 g/mol. The zero-order valence-electron chi connectivity index (χ0n) is 20.4. The minimum Gasteiger partial charge on any atom is -0.351 e. The highest BCUT2D eigenvalue weighted by molar-refractivity contribution is 5.80. The predicted molar refractivity (Wildman–Crippen MR) is 132 cm³/mol. The maximum absolute atomic E-state index is 14.3. The molecule has 3 aromatic rings. The first kappa shape index (κ1) is 24.3. The summed E-state index contributed by atoms with van der Waals surface area (Å²) in [5, 5.41) is 14.2. The van der Waals surface area contributed by atoms with Crippen molar-refractivity contribution in [2.45, 2.75) is 70.6 Å². The number of hydrogen-bond donors (Lipinski definition) is 1. The van der Waals surface area contributed by atoms with Crippen molar-refractivity contribution in [3.8, 4) is 22.5 Å². The summed E-state index contributed by atoms with van der Waals surface area (Å²) in [6.45, 7) is 2.70. The molecular formula is C27H31F3N6. The van der Waals surface area contributed by atoms with Crippen LogP contribution < -0.4 is 0 Å². The summed E-state index contributed by atoms with van der Waals surface area (Å²) in [6, 6.07) is 15.9. The molecule has 1 aliphatic carbocycles. The van der Waals surface area contributed by atoms with E-state index < -0.39 is 11.9 Å². The third-order valence-corrected chi connectivity index (χ3v) is 7.20. The maximum Gasteiger partial charge on any atom is 0.432 e. The molecule has 2 aliphatic rings. The summed E-state index contributed by atoms with van der Waals surface area (Å²) in [6.07, 6.45) is 1.54. The highest BCUT2D eigenvalue weighted by Gasteiger charge is 2.47. The maximum atomic E-state index is 14.3. The molecule has 1 aromatic heterocycles. The van der Waals surface area contributed by atoms with E-state index in [2.05, 4.69) is 20.6 Å². The second-order valence-corrected chi connectivity index (χ2v) is 9.64. The molecule has 0 spiro atoms. The van der Waals surface area contributed by atoms with E-state index in [-0.39, 0.29) is 6.04 Å². The number of H-pyrrole nitrogens is 1. The van der Waals surface area contributed by atoms with E-state index in [1.165, 1.54) is 0 Å². The van der Waals surface area contributed by atoms with Gasteiger partial charge in [0.15, 0.2) is 5.82 Å². The molecule has 1 aliphatic heterocycles. The molecule has 1 saturated carbocycles. The highest BCUT2D eigenvalue weighted by atomic mass is 19.4. The highest BCUT2D eigenvalue weighted by Crippen LogP contribution is 2.42. The lowest BCUT2D eigenvalue weighted by atomic mass is 9.94. The number of alkyl halides is 3. The number of tetrazole rings is 1. The van der Waals surface area contributed by atoms with Crippen molar-refractivity contribution in [1.29, 1.82) is 0 Å². The summed E-state index contributed by atoms with van der Waals surface area (Å²) in [7, 11) is 0. The third kappa shape index (κ3) is 4.96. The van der Waals surface area contributed by atoms with Gasteiger partial charge in [-0.25, -0.2) is 5.10 Å². The zero-order valence-corrected chi connectivity index (χ0v) is 20.4. The Morgan fingerprint density at radius 1 is 0.972 bits per heavy atom. The van der Waals surface area contributed by atoms with Crippen LogP contribution in [-0.4, -0.2) is 49.3 Å². The van der Waals surface area contributed by atoms with Crippen molar-refractivity contribution in [2.24, 2.45) is 0 Å². The van der Waals surface area contributed by atoms with Crippen molar-refractivity contribution in [2.75, 3.05) is 6.67 Å². The van der Waals surface area contributed by atoms with Crippen molar-refractivity contribution in [1.82, 2.24) is 30.4 Å². The van der Waals surface area contributed by atoms with E-state index in [4.69, 9.17) is 0 Å². The average molecular weight is 497 g/mol. The van der Waals surface area contributed by atoms with Crippen LogP contribution in [0, 0.1) is 0 Å². The fraction of sp³-hybridized carbons (Fsp3) is 0.444. The van der Waals surface area contributed by atoms with Crippen LogP contribution in [0.5, 0.6) is 0 Å². The molecule has 1 N–H and O–H groups in total. The van der Waals surface area contributed by atoms with Crippen LogP contribution in [-0.2, 0) is 6.54 Å². The Labute approximate surface area is 209 Å². The van der Waals surface area contributed by atoms with Crippen LogP contribution in [0.2, 0.25) is 0 Å². The average Bonchev–Trinajstić information content (AvgIpc) is 3.54. The van der Waals surface area contributed by atoms with Crippen molar-refractivity contribution < 1.29 is 13.2 Å². The molecule has 190 valence electrons. The lowest BCUT2D eigenvalue weighted by Crippen LogP contribution is -2.40. The summed E-state index contributed by atoms with van der Waals surface area (Å²) in [4.78, 5) is 3.59. The van der Waals surface area contributed by atoms with Gasteiger partial charge in [-0.3, -0.25) is 0 Å². The quantitative estimate of drug-likeness (QED) is 0.404. The molecule has 0 atom stereocenters. The van der Waals surface area contributed by atoms with Gasteiger partial charge in [-0.05, 0) is 46.4 Å². The molecule has 1 fully saturated rings. The van der Waals surface area contributed by atoms with Gasteiger partial charge in [-0.1, -0.05) is 81.1 Å². The van der Waals surface area contributed by atoms with E-state index >= 15 is 0 Å². The first-order valence-corrected chi connectivity index (χ1v) is 12.7. The Morgan fingerprint density at radius 2 is 1.69 bits per heavy atom. The molecule has 2 aromatic carbocycles. The molecule has 0 radical (unpaired) electrons. The Kier molecular flexibility index (Phi) is 6.98. The van der Waals surface area contributed by atoms with E-state index in [1.54, 1.807) is 4.90 Å². The van der Waals surface area contributed by atoms with Crippen LogP contribution in [0.4, 0.5) is 13.2 Å². The van der Waals surface area contributed by atoms with Crippen LogP contribution in [0.1, 0.15) is 57.4 Å². The fourth-order valence-corrected chi connectivity index (χ4v) is 5.56. The monoisotopic (exact) mass is 496 g/mol. The summed E-state index contributed by atoms with van der Waals surface area (Å²) < 4.78 is 42.9. The number of allylic oxidation sites excluding steroid dienone is 2. The Balaban J connectivity index is 1.40. The predicted octanol–water partition coefficient (Wildman–Crippen LogP) is 6.52. The lowest BCUT2D eigenvalue weighted by Gasteiger charge is -2.35. The van der Waals surface area contributed by atoms with Crippen LogP contribution in [0.25, 0.3) is 22.5 Å². The second kappa shape index (κ2) is 10.3. The summed E-state index contributed by atoms with van der Waals surface area (Å²) in [5.41, 5.74) is 3.87. The van der Waals surface area contributed by atoms with Crippen LogP contribution in [0.15, 0.2) is 59.9 Å². The number of nitrogens with zero attached hydrogens (tertiary/aromatic N) is 5. The number of hydrogen-bond acceptors (Lipinski definition) is 5. The zero-order chi connectivity index (χ0) is 25.1. The van der Waals surface area contributed by atoms with Gasteiger partial charge in [0.25, 0.3) is 0 Å². The minimum absolute atomic E-state index is 0.0308. The third-order valence-electron chi connectivity index (χ3n) is 7.20. The second-order valence-electron chi connectivity index (χ2n) is 9.64. The van der Waals surface area contributed by atoms with Gasteiger partial charge in [-0.15, -0.1) is 5.10 Å². The van der Waals surface area contributed by atoms with Gasteiger partial charge >= 0.3 is 6.18 Å². The molecule has 0 saturated heterocycles. The Hall–Kier alpha value is -3.36. The molecule has 6 nitrogen and oxygen atoms in total. The largest absolute Gasteiger partial charge is 0.432 e. The molecule has 36 heavy (non-hydrogen) atoms. The van der Waals surface area contributed by atoms with Crippen molar-refractivity contribution in [3.63, 3.8) is 0 Å². The number of benzene rings is 2. The van der Waals surface area contributed by atoms with Gasteiger partial charge in [0, 0.05) is 23.8 Å². The SMILES string of the molecule is CCCC1=C(C(F)(F)F)N(C2CCCCC2)CN1Cc1ccc(-c2ccccc2-c2nnn[nH]2)cc1. The molecule has 5 rings (SSSR count). The number of aromatic nitrogens is 4. The summed E-state index contributed by atoms with van der Waals surface area (Å²) in [5.74, 6) is 0.587. The van der Waals surface area contributed by atoms with Crippen LogP contribution in [0.3, 0.4) is 0 Å². The van der Waals surface area contributed by atoms with E-state index in [1.807, 2.05) is 60.4 Å². The first-order chi connectivity index (χ1) is 17.5. The Bertz CT molecular complexity index is 1180. The van der Waals surface area contributed by atoms with Crippen molar-refractivity contribution in [3.05, 3.63) is 65.5 Å². The van der Waals surface area contributed by atoms with Crippen molar-refractivity contribution >= 4 is 0 Å². The number of halogens is 3. The summed E-state index contributed by atoms with van der Waals surface area (Å²) >= 11 is 0. The smallest absolute Gasteiger partial charge is 0.351 e. The number of nitrogens with one attached hydrogen (secondary N) is 1. The van der Waals surface area contributed by atoms with E-state index in [9.17, 15) is 13.2 Å². The molecule has 0 amide bonds. The first-order valence-electron chi connectivity index (χ1n) is 12.7. The molecule has 2 heterocycles. The van der Waals surface area contributed by atoms with Gasteiger partial charge in [0.05, 0.1) is 6.67 Å². The van der Waals surface area contributed by atoms with Gasteiger partial charge in [-0.2, -0.15) is 13.2 Å².